The number of hydrogen-bond donors (Lipinski definition) is 0. The Morgan fingerprint density at radius 2 is 0.400 bits per heavy atom. The van der Waals surface area contributed by atoms with E-state index in [0.29, 0.717) is 0 Å². The van der Waals surface area contributed by atoms with Gasteiger partial charge in [-0.2, -0.15) is 0 Å². The second kappa shape index (κ2) is 33.0. The molecule has 0 nitrogen and oxygen atoms in total. The molecule has 0 aromatic heterocycles. The number of rotatable bonds is 0. The molecule has 0 saturated carbocycles. The first-order chi connectivity index (χ1) is 0. The fourth-order valence-corrected chi connectivity index (χ4v) is 0. The third-order valence-electron chi connectivity index (χ3n) is 0. The van der Waals surface area contributed by atoms with Crippen LogP contribution in [0.3, 0.4) is 0 Å². The van der Waals surface area contributed by atoms with Crippen molar-refractivity contribution < 1.29 is 74.2 Å². The summed E-state index contributed by atoms with van der Waals surface area (Å²) in [7, 11) is 0. The van der Waals surface area contributed by atoms with Crippen molar-refractivity contribution in [1.82, 2.24) is 0 Å². The molecule has 0 aliphatic rings. The van der Waals surface area contributed by atoms with Gasteiger partial charge >= 0.3 is 0 Å². The maximum absolute atomic E-state index is 0. The van der Waals surface area contributed by atoms with E-state index < -0.39 is 0 Å². The van der Waals surface area contributed by atoms with Crippen LogP contribution in [0.25, 0.3) is 0 Å². The summed E-state index contributed by atoms with van der Waals surface area (Å²) in [6.45, 7) is 0. The van der Waals surface area contributed by atoms with Crippen LogP contribution in [0.5, 0.6) is 0 Å². The largest absolute Gasteiger partial charge is 0.358 e. The van der Waals surface area contributed by atoms with E-state index in [4.69, 9.17) is 0 Å². The zero-order chi connectivity index (χ0) is 0. The van der Waals surface area contributed by atoms with Gasteiger partial charge in [-0.1, -0.05) is 0 Å². The molecule has 0 aliphatic carbocycles. The molecule has 5 heavy (non-hydrogen) atoms. The Kier molecular flexibility index (Phi) is 356. The molecule has 0 bridgehead atoms. The van der Waals surface area contributed by atoms with Crippen molar-refractivity contribution in [3.05, 3.63) is 7.43 Å². The van der Waals surface area contributed by atoms with Crippen molar-refractivity contribution in [2.24, 2.45) is 0 Å². The summed E-state index contributed by atoms with van der Waals surface area (Å²) in [5.41, 5.74) is 0. The SMILES string of the molecule is [CH3-].[V].[V].[V].[V]. The summed E-state index contributed by atoms with van der Waals surface area (Å²) in [6.07, 6.45) is 0. The Morgan fingerprint density at radius 1 is 0.400 bits per heavy atom. The molecule has 0 aliphatic heterocycles. The van der Waals surface area contributed by atoms with Gasteiger partial charge in [-0.3, -0.25) is 0 Å². The molecule has 0 atom stereocenters. The zero-order valence-electron chi connectivity index (χ0n) is 2.79. The molecule has 0 aromatic rings. The second-order valence-electron chi connectivity index (χ2n) is 0. The molecular weight excluding hydrogens is 216 g/mol. The molecule has 4 radical (unpaired) electrons. The summed E-state index contributed by atoms with van der Waals surface area (Å²) < 4.78 is 0. The quantitative estimate of drug-likeness (QED) is 0.518. The molecule has 0 heterocycles. The first-order valence-corrected chi connectivity index (χ1v) is 0. The van der Waals surface area contributed by atoms with Crippen LogP contribution in [0, 0.1) is 7.43 Å². The smallest absolute Gasteiger partial charge is 0 e. The van der Waals surface area contributed by atoms with Crippen molar-refractivity contribution in [3.63, 3.8) is 0 Å². The van der Waals surface area contributed by atoms with Crippen LogP contribution in [0.2, 0.25) is 0 Å². The fourth-order valence-electron chi connectivity index (χ4n) is 0. The van der Waals surface area contributed by atoms with Crippen LogP contribution >= 0.6 is 0 Å². The van der Waals surface area contributed by atoms with Crippen LogP contribution in [0.4, 0.5) is 0 Å². The molecule has 0 amide bonds. The predicted octanol–water partition coefficient (Wildman–Crippen LogP) is 0.440. The average Bonchev–Trinajstić information content (AvgIpc) is 0. The molecule has 0 aromatic carbocycles. The molecular formula is CH3V4-. The Morgan fingerprint density at radius 3 is 0.400 bits per heavy atom. The third-order valence-corrected chi connectivity index (χ3v) is 0. The molecule has 0 N–H and O–H groups in total. The number of hydrogen-bond acceptors (Lipinski definition) is 0. The standard InChI is InChI=1S/CH3.4V/h1H3;;;;/q-1;;;;. The van der Waals surface area contributed by atoms with Gasteiger partial charge in [0.25, 0.3) is 0 Å². The van der Waals surface area contributed by atoms with Gasteiger partial charge in [0, 0.05) is 74.2 Å². The van der Waals surface area contributed by atoms with E-state index in [1.54, 1.807) is 0 Å². The molecule has 28 valence electrons. The summed E-state index contributed by atoms with van der Waals surface area (Å²) >= 11 is 0. The van der Waals surface area contributed by atoms with Gasteiger partial charge in [0.05, 0.1) is 0 Å². The van der Waals surface area contributed by atoms with Crippen molar-refractivity contribution in [3.8, 4) is 0 Å². The molecule has 0 unspecified atom stereocenters. The molecule has 0 saturated heterocycles. The van der Waals surface area contributed by atoms with E-state index in [2.05, 4.69) is 0 Å². The van der Waals surface area contributed by atoms with E-state index in [1.807, 2.05) is 0 Å². The Labute approximate surface area is 80.8 Å². The van der Waals surface area contributed by atoms with Gasteiger partial charge in [-0.05, 0) is 0 Å². The van der Waals surface area contributed by atoms with Crippen LogP contribution < -0.4 is 0 Å². The van der Waals surface area contributed by atoms with E-state index >= 15 is 0 Å². The van der Waals surface area contributed by atoms with Gasteiger partial charge in [-0.25, -0.2) is 0 Å². The predicted molar refractivity (Wildman–Crippen MR) is 6.41 cm³/mol. The van der Waals surface area contributed by atoms with Crippen molar-refractivity contribution in [1.29, 1.82) is 0 Å². The zero-order valence-corrected chi connectivity index (χ0v) is 8.38. The normalized spacial score (nSPS) is 0. The Bertz CT molecular complexity index is 3.61. The Hall–Kier alpha value is 2.34. The van der Waals surface area contributed by atoms with Crippen LogP contribution in [0.1, 0.15) is 0 Å². The van der Waals surface area contributed by atoms with Gasteiger partial charge in [-0.15, -0.1) is 0 Å². The molecule has 0 rings (SSSR count). The van der Waals surface area contributed by atoms with Crippen LogP contribution in [-0.4, -0.2) is 0 Å². The monoisotopic (exact) mass is 219 g/mol. The summed E-state index contributed by atoms with van der Waals surface area (Å²) in [4.78, 5) is 0. The minimum atomic E-state index is 0. The minimum Gasteiger partial charge on any atom is -0.358 e. The summed E-state index contributed by atoms with van der Waals surface area (Å²) in [6, 6.07) is 0. The van der Waals surface area contributed by atoms with Gasteiger partial charge < -0.3 is 7.43 Å². The molecule has 0 fully saturated rings. The van der Waals surface area contributed by atoms with Crippen molar-refractivity contribution >= 4 is 0 Å². The van der Waals surface area contributed by atoms with E-state index in [1.165, 1.54) is 0 Å². The first kappa shape index (κ1) is 53.9. The van der Waals surface area contributed by atoms with Gasteiger partial charge in [0.1, 0.15) is 0 Å². The van der Waals surface area contributed by atoms with Crippen molar-refractivity contribution in [2.45, 2.75) is 0 Å². The minimum absolute atomic E-state index is 0. The molecule has 0 spiro atoms. The maximum Gasteiger partial charge on any atom is 0 e. The van der Waals surface area contributed by atoms with E-state index in [9.17, 15) is 0 Å². The summed E-state index contributed by atoms with van der Waals surface area (Å²) in [5.74, 6) is 0. The molecule has 4 heteroatoms. The first-order valence-electron chi connectivity index (χ1n) is 0. The summed E-state index contributed by atoms with van der Waals surface area (Å²) in [5, 5.41) is 0. The Balaban J connectivity index is 0. The van der Waals surface area contributed by atoms with Crippen molar-refractivity contribution in [2.75, 3.05) is 0 Å². The maximum atomic E-state index is 0. The van der Waals surface area contributed by atoms with Gasteiger partial charge in [0.2, 0.25) is 0 Å². The topological polar surface area (TPSA) is 0 Å². The average molecular weight is 219 g/mol. The van der Waals surface area contributed by atoms with Crippen LogP contribution in [-0.2, 0) is 74.2 Å². The van der Waals surface area contributed by atoms with Gasteiger partial charge in [0.15, 0.2) is 0 Å². The van der Waals surface area contributed by atoms with Crippen LogP contribution in [0.15, 0.2) is 0 Å². The fraction of sp³-hybridized carbons (Fsp3) is 0. The third kappa shape index (κ3) is 21.8. The van der Waals surface area contributed by atoms with E-state index in [0.717, 1.165) is 0 Å². The second-order valence-corrected chi connectivity index (χ2v) is 0. The van der Waals surface area contributed by atoms with E-state index in [-0.39, 0.29) is 81.6 Å².